The number of carbonyl (C=O) groups is 1. The van der Waals surface area contributed by atoms with E-state index < -0.39 is 8.32 Å². The van der Waals surface area contributed by atoms with Crippen LogP contribution in [0.25, 0.3) is 0 Å². The Morgan fingerprint density at radius 2 is 1.92 bits per heavy atom. The first kappa shape index (κ1) is 18.1. The summed E-state index contributed by atoms with van der Waals surface area (Å²) in [5.74, 6) is 2.92. The Bertz CT molecular complexity index is 569. The molecule has 0 saturated heterocycles. The van der Waals surface area contributed by atoms with Crippen LogP contribution in [0.1, 0.15) is 40.5 Å². The Morgan fingerprint density at radius 1 is 1.29 bits per heavy atom. The molecular formula is C21H34O2Si. The first-order chi connectivity index (χ1) is 11.0. The largest absolute Gasteiger partial charge is 0.417 e. The molecule has 134 valence electrons. The highest BCUT2D eigenvalue weighted by Gasteiger charge is 2.58. The van der Waals surface area contributed by atoms with Crippen LogP contribution in [-0.4, -0.2) is 20.7 Å². The number of hydrogen-bond donors (Lipinski definition) is 0. The lowest BCUT2D eigenvalue weighted by Crippen LogP contribution is -2.41. The topological polar surface area (TPSA) is 26.3 Å². The van der Waals surface area contributed by atoms with E-state index in [4.69, 9.17) is 4.43 Å². The highest BCUT2D eigenvalue weighted by Crippen LogP contribution is 2.59. The Labute approximate surface area is 148 Å². The van der Waals surface area contributed by atoms with Gasteiger partial charge in [-0.05, 0) is 54.6 Å². The van der Waals surface area contributed by atoms with Crippen LogP contribution in [0, 0.1) is 35.5 Å². The van der Waals surface area contributed by atoms with Crippen LogP contribution in [0.5, 0.6) is 0 Å². The van der Waals surface area contributed by atoms with Crippen molar-refractivity contribution < 1.29 is 9.22 Å². The normalized spacial score (nSPS) is 38.0. The van der Waals surface area contributed by atoms with Gasteiger partial charge in [-0.2, -0.15) is 0 Å². The molecule has 2 nitrogen and oxygen atoms in total. The van der Waals surface area contributed by atoms with Crippen LogP contribution in [-0.2, 0) is 9.22 Å². The maximum Gasteiger partial charge on any atom is 0.191 e. The molecule has 0 aliphatic heterocycles. The van der Waals surface area contributed by atoms with Gasteiger partial charge in [0.25, 0.3) is 0 Å². The highest BCUT2D eigenvalue weighted by molar-refractivity contribution is 6.74. The van der Waals surface area contributed by atoms with E-state index in [1.807, 2.05) is 0 Å². The minimum atomic E-state index is -1.70. The van der Waals surface area contributed by atoms with Gasteiger partial charge < -0.3 is 4.43 Å². The summed E-state index contributed by atoms with van der Waals surface area (Å²) in [6.07, 6.45) is 6.75. The van der Waals surface area contributed by atoms with Crippen molar-refractivity contribution in [2.45, 2.75) is 58.7 Å². The summed E-state index contributed by atoms with van der Waals surface area (Å²) in [7, 11) is -1.70. The van der Waals surface area contributed by atoms with E-state index in [1.165, 1.54) is 12.0 Å². The number of hydrogen-bond acceptors (Lipinski definition) is 2. The lowest BCUT2D eigenvalue weighted by atomic mass is 9.76. The summed E-state index contributed by atoms with van der Waals surface area (Å²) < 4.78 is 6.34. The molecule has 2 saturated carbocycles. The molecule has 0 radical (unpaired) electrons. The number of rotatable bonds is 5. The van der Waals surface area contributed by atoms with Crippen LogP contribution in [0.4, 0.5) is 0 Å². The predicted octanol–water partition coefficient (Wildman–Crippen LogP) is 5.23. The smallest absolute Gasteiger partial charge is 0.191 e. The molecule has 3 rings (SSSR count). The summed E-state index contributed by atoms with van der Waals surface area (Å²) in [5.41, 5.74) is 1.25. The van der Waals surface area contributed by atoms with Gasteiger partial charge in [0.2, 0.25) is 0 Å². The maximum absolute atomic E-state index is 12.8. The molecule has 0 heterocycles. The van der Waals surface area contributed by atoms with Crippen LogP contribution in [0.15, 0.2) is 24.3 Å². The zero-order chi connectivity index (χ0) is 17.9. The second-order valence-electron chi connectivity index (χ2n) is 9.79. The number of fused-ring (bicyclic) bond motifs is 5. The van der Waals surface area contributed by atoms with Gasteiger partial charge in [-0.15, -0.1) is 0 Å². The third-order valence-electron chi connectivity index (χ3n) is 7.41. The number of carbonyl (C=O) groups excluding carboxylic acids is 1. The molecule has 3 aliphatic carbocycles. The average Bonchev–Trinajstić information content (AvgIpc) is 3.12. The van der Waals surface area contributed by atoms with Crippen molar-refractivity contribution in [1.29, 1.82) is 0 Å². The molecule has 0 aromatic carbocycles. The Kier molecular flexibility index (Phi) is 4.49. The molecule has 0 aromatic heterocycles. The average molecular weight is 347 g/mol. The lowest BCUT2D eigenvalue weighted by molar-refractivity contribution is -0.124. The van der Waals surface area contributed by atoms with Crippen molar-refractivity contribution in [2.24, 2.45) is 35.5 Å². The fraction of sp³-hybridized carbons (Fsp3) is 0.762. The van der Waals surface area contributed by atoms with Crippen molar-refractivity contribution in [3.63, 3.8) is 0 Å². The minimum absolute atomic E-state index is 0.144. The Morgan fingerprint density at radius 3 is 2.54 bits per heavy atom. The molecule has 0 aromatic rings. The molecule has 1 unspecified atom stereocenters. The molecule has 0 spiro atoms. The van der Waals surface area contributed by atoms with Crippen LogP contribution >= 0.6 is 0 Å². The molecule has 0 N–H and O–H groups in total. The molecule has 3 heteroatoms. The quantitative estimate of drug-likeness (QED) is 0.503. The van der Waals surface area contributed by atoms with Crippen LogP contribution in [0.3, 0.4) is 0 Å². The van der Waals surface area contributed by atoms with Crippen molar-refractivity contribution in [3.8, 4) is 0 Å². The molecule has 2 bridgehead atoms. The van der Waals surface area contributed by atoms with Crippen molar-refractivity contribution in [1.82, 2.24) is 0 Å². The van der Waals surface area contributed by atoms with Crippen molar-refractivity contribution in [3.05, 3.63) is 24.3 Å². The van der Waals surface area contributed by atoms with E-state index in [0.717, 1.165) is 13.0 Å². The zero-order valence-electron chi connectivity index (χ0n) is 16.3. The summed E-state index contributed by atoms with van der Waals surface area (Å²) in [4.78, 5) is 12.8. The Hall–Kier alpha value is -0.673. The fourth-order valence-corrected chi connectivity index (χ4v) is 6.06. The van der Waals surface area contributed by atoms with Gasteiger partial charge in [-0.25, -0.2) is 0 Å². The highest BCUT2D eigenvalue weighted by atomic mass is 28.4. The number of allylic oxidation sites excluding steroid dienone is 2. The second kappa shape index (κ2) is 5.95. The SMILES string of the molecule is C=C(CCO[Si](C)(C)C(C)(C)C)[C@H]1C(C)C(=O)[C@H]2[C@@H]1[C@H]1C=C[C@@H]2C1. The summed E-state index contributed by atoms with van der Waals surface area (Å²) >= 11 is 0. The standard InChI is InChI=1S/C21H34O2Si/c1-13(10-11-23-24(6,7)21(3,4)5)17-14(2)20(22)19-16-9-8-15(12-16)18(17)19/h8-9,14-19H,1,10-12H2,2-7H3/t14?,15-,16+,17-,18+,19+/m0/s1. The summed E-state index contributed by atoms with van der Waals surface area (Å²) in [6, 6.07) is 0. The van der Waals surface area contributed by atoms with Crippen molar-refractivity contribution in [2.75, 3.05) is 6.61 Å². The molecule has 3 aliphatic rings. The molecule has 6 atom stereocenters. The first-order valence-electron chi connectivity index (χ1n) is 9.58. The summed E-state index contributed by atoms with van der Waals surface area (Å²) in [5, 5.41) is 0.242. The van der Waals surface area contributed by atoms with Gasteiger partial charge in [0, 0.05) is 18.4 Å². The van der Waals surface area contributed by atoms with Gasteiger partial charge in [0.1, 0.15) is 5.78 Å². The number of ketones is 1. The van der Waals surface area contributed by atoms with Gasteiger partial charge >= 0.3 is 0 Å². The number of Topliss-reactive ketones (excluding diaryl/α,β-unsaturated/α-hetero) is 1. The van der Waals surface area contributed by atoms with E-state index >= 15 is 0 Å². The van der Waals surface area contributed by atoms with Gasteiger partial charge in [-0.3, -0.25) is 4.79 Å². The Balaban J connectivity index is 1.63. The predicted molar refractivity (Wildman–Crippen MR) is 102 cm³/mol. The lowest BCUT2D eigenvalue weighted by Gasteiger charge is -2.36. The second-order valence-corrected chi connectivity index (χ2v) is 14.6. The fourth-order valence-electron chi connectivity index (χ4n) is 5.01. The monoisotopic (exact) mass is 346 g/mol. The first-order valence-corrected chi connectivity index (χ1v) is 12.5. The van der Waals surface area contributed by atoms with E-state index in [1.54, 1.807) is 0 Å². The third-order valence-corrected chi connectivity index (χ3v) is 12.0. The molecular weight excluding hydrogens is 312 g/mol. The van der Waals surface area contributed by atoms with Gasteiger partial charge in [0.15, 0.2) is 8.32 Å². The maximum atomic E-state index is 12.8. The van der Waals surface area contributed by atoms with Gasteiger partial charge in [0.05, 0.1) is 0 Å². The van der Waals surface area contributed by atoms with E-state index in [9.17, 15) is 4.79 Å². The summed E-state index contributed by atoms with van der Waals surface area (Å²) in [6.45, 7) is 18.7. The molecule has 2 fully saturated rings. The van der Waals surface area contributed by atoms with E-state index in [-0.39, 0.29) is 16.9 Å². The zero-order valence-corrected chi connectivity index (χ0v) is 17.3. The minimum Gasteiger partial charge on any atom is -0.417 e. The van der Waals surface area contributed by atoms with E-state index in [0.29, 0.717) is 29.5 Å². The van der Waals surface area contributed by atoms with Gasteiger partial charge in [-0.1, -0.05) is 52.0 Å². The van der Waals surface area contributed by atoms with Crippen LogP contribution in [0.2, 0.25) is 18.1 Å². The molecule has 0 amide bonds. The van der Waals surface area contributed by atoms with E-state index in [2.05, 4.69) is 59.5 Å². The molecule has 24 heavy (non-hydrogen) atoms. The third kappa shape index (κ3) is 2.78. The van der Waals surface area contributed by atoms with Crippen LogP contribution < -0.4 is 0 Å². The van der Waals surface area contributed by atoms with Crippen molar-refractivity contribution >= 4 is 14.1 Å².